The molecule has 2 N–H and O–H groups in total. The van der Waals surface area contributed by atoms with Crippen molar-refractivity contribution in [1.82, 2.24) is 10.6 Å². The SMILES string of the molecule is O=C1NCCCCNC(=O)c2cccc3c2O[As]2(c4ccccc4)(Oc4cccc1c4O2)O3. The molecule has 3 heterocycles. The van der Waals surface area contributed by atoms with Gasteiger partial charge in [-0.2, -0.15) is 0 Å². The van der Waals surface area contributed by atoms with Crippen LogP contribution in [-0.4, -0.2) is 38.7 Å². The third-order valence-corrected chi connectivity index (χ3v) is 12.4. The quantitative estimate of drug-likeness (QED) is 0.491. The second-order valence-corrected chi connectivity index (χ2v) is 14.0. The fourth-order valence-electron chi connectivity index (χ4n) is 4.21. The molecule has 0 fully saturated rings. The molecule has 0 unspecified atom stereocenters. The van der Waals surface area contributed by atoms with E-state index >= 15 is 0 Å². The molecule has 8 nitrogen and oxygen atoms in total. The zero-order valence-electron chi connectivity index (χ0n) is 17.6. The van der Waals surface area contributed by atoms with Gasteiger partial charge >= 0.3 is 192 Å². The van der Waals surface area contributed by atoms with Gasteiger partial charge < -0.3 is 0 Å². The molecule has 0 saturated heterocycles. The van der Waals surface area contributed by atoms with Crippen molar-refractivity contribution in [3.8, 4) is 23.0 Å². The van der Waals surface area contributed by atoms with Gasteiger partial charge in [0.05, 0.1) is 0 Å². The molecule has 0 atom stereocenters. The van der Waals surface area contributed by atoms with E-state index < -0.39 is 13.8 Å². The Bertz CT molecular complexity index is 1220. The van der Waals surface area contributed by atoms with Crippen LogP contribution in [0.3, 0.4) is 0 Å². The minimum absolute atomic E-state index is 0.272. The maximum absolute atomic E-state index is 13.0. The third kappa shape index (κ3) is 2.98. The van der Waals surface area contributed by atoms with Gasteiger partial charge in [0.1, 0.15) is 0 Å². The van der Waals surface area contributed by atoms with E-state index in [1.165, 1.54) is 0 Å². The minimum atomic E-state index is -5.29. The molecule has 33 heavy (non-hydrogen) atoms. The molecule has 0 radical (unpaired) electrons. The molecule has 3 aromatic rings. The van der Waals surface area contributed by atoms with E-state index in [-0.39, 0.29) is 23.3 Å². The van der Waals surface area contributed by atoms with Crippen LogP contribution in [0, 0.1) is 0 Å². The molecule has 3 aliphatic rings. The average Bonchev–Trinajstić information content (AvgIpc) is 3.36. The number of carbonyl (C=O) groups excluding carboxylic acids is 2. The van der Waals surface area contributed by atoms with Crippen LogP contribution in [0.1, 0.15) is 33.6 Å². The number of amides is 2. The zero-order chi connectivity index (χ0) is 22.5. The Balaban J connectivity index is 1.58. The molecule has 0 aromatic heterocycles. The van der Waals surface area contributed by atoms with Crippen molar-refractivity contribution < 1.29 is 24.5 Å². The summed E-state index contributed by atoms with van der Waals surface area (Å²) in [5.41, 5.74) is 0.686. The molecule has 168 valence electrons. The first-order valence-electron chi connectivity index (χ1n) is 10.8. The number of para-hydroxylation sites is 2. The predicted octanol–water partition coefficient (Wildman–Crippen LogP) is 2.48. The van der Waals surface area contributed by atoms with Crippen molar-refractivity contribution >= 4 is 30.0 Å². The standard InChI is InChI=1S/C24H21AsN2O6/c28-23-17-10-6-12-19-21(17)32-25(30-19,16-8-2-1-3-9-16)31-20-13-7-11-18(22(20)33-25)24(29)27-15-5-4-14-26-23/h1-3,6-13H,4-5,14-15H2,(H,26,28)(H,27,29). The first-order chi connectivity index (χ1) is 16.1. The van der Waals surface area contributed by atoms with Crippen molar-refractivity contribution in [2.24, 2.45) is 0 Å². The Labute approximate surface area is 191 Å². The number of benzene rings is 3. The predicted molar refractivity (Wildman–Crippen MR) is 121 cm³/mol. The van der Waals surface area contributed by atoms with Crippen LogP contribution in [-0.2, 0) is 0 Å². The van der Waals surface area contributed by atoms with E-state index in [1.807, 2.05) is 30.3 Å². The van der Waals surface area contributed by atoms with Gasteiger partial charge in [-0.05, 0) is 0 Å². The molecule has 3 aromatic carbocycles. The zero-order valence-corrected chi connectivity index (χ0v) is 19.5. The Morgan fingerprint density at radius 3 is 1.64 bits per heavy atom. The van der Waals surface area contributed by atoms with E-state index in [4.69, 9.17) is 14.9 Å². The third-order valence-electron chi connectivity index (χ3n) is 5.81. The van der Waals surface area contributed by atoms with Crippen LogP contribution in [0.15, 0.2) is 66.7 Å². The number of hydrogen-bond donors (Lipinski definition) is 2. The van der Waals surface area contributed by atoms with Crippen LogP contribution in [0.25, 0.3) is 0 Å². The van der Waals surface area contributed by atoms with Gasteiger partial charge in [0, 0.05) is 0 Å². The topological polar surface area (TPSA) is 95.1 Å². The molecule has 3 bridgehead atoms. The van der Waals surface area contributed by atoms with E-state index in [1.54, 1.807) is 36.4 Å². The Hall–Kier alpha value is -3.64. The van der Waals surface area contributed by atoms with E-state index in [9.17, 15) is 9.59 Å². The van der Waals surface area contributed by atoms with Gasteiger partial charge in [-0.3, -0.25) is 0 Å². The molecule has 6 rings (SSSR count). The second-order valence-electron chi connectivity index (χ2n) is 8.00. The summed E-state index contributed by atoms with van der Waals surface area (Å²) < 4.78 is 26.7. The van der Waals surface area contributed by atoms with Gasteiger partial charge in [-0.25, -0.2) is 0 Å². The van der Waals surface area contributed by atoms with E-state index in [0.717, 1.165) is 12.8 Å². The molecule has 3 aliphatic heterocycles. The summed E-state index contributed by atoms with van der Waals surface area (Å²) in [6.45, 7) is 0.943. The number of rotatable bonds is 1. The average molecular weight is 508 g/mol. The van der Waals surface area contributed by atoms with Gasteiger partial charge in [0.2, 0.25) is 0 Å². The van der Waals surface area contributed by atoms with Crippen molar-refractivity contribution in [2.75, 3.05) is 13.1 Å². The number of carbonyl (C=O) groups is 2. The monoisotopic (exact) mass is 508 g/mol. The first-order valence-corrected chi connectivity index (χ1v) is 14.8. The summed E-state index contributed by atoms with van der Waals surface area (Å²) >= 11 is -5.29. The summed E-state index contributed by atoms with van der Waals surface area (Å²) in [4.78, 5) is 26.0. The molecular weight excluding hydrogens is 487 g/mol. The molecule has 0 saturated carbocycles. The molecule has 0 aliphatic carbocycles. The summed E-state index contributed by atoms with van der Waals surface area (Å²) in [6.07, 6.45) is 1.44. The summed E-state index contributed by atoms with van der Waals surface area (Å²) in [5, 5.41) is 5.83. The van der Waals surface area contributed by atoms with Gasteiger partial charge in [0.25, 0.3) is 0 Å². The van der Waals surface area contributed by atoms with E-state index in [0.29, 0.717) is 40.1 Å². The fraction of sp³-hybridized carbons (Fsp3) is 0.167. The Morgan fingerprint density at radius 1 is 0.606 bits per heavy atom. The van der Waals surface area contributed by atoms with Crippen molar-refractivity contribution in [3.63, 3.8) is 0 Å². The Morgan fingerprint density at radius 2 is 1.12 bits per heavy atom. The molecule has 9 heteroatoms. The maximum atomic E-state index is 13.0. The summed E-state index contributed by atoms with van der Waals surface area (Å²) in [5.74, 6) is 0.738. The number of nitrogens with one attached hydrogen (secondary N) is 2. The van der Waals surface area contributed by atoms with Crippen LogP contribution >= 0.6 is 0 Å². The summed E-state index contributed by atoms with van der Waals surface area (Å²) in [6, 6.07) is 19.5. The molecule has 2 amide bonds. The molecular formula is C24H21AsN2O6. The van der Waals surface area contributed by atoms with Crippen molar-refractivity contribution in [3.05, 3.63) is 77.9 Å². The van der Waals surface area contributed by atoms with Crippen LogP contribution in [0.2, 0.25) is 0 Å². The first kappa shape index (κ1) is 20.0. The normalized spacial score (nSPS) is 20.7. The van der Waals surface area contributed by atoms with Gasteiger partial charge in [0.15, 0.2) is 0 Å². The van der Waals surface area contributed by atoms with Gasteiger partial charge in [-0.1, -0.05) is 0 Å². The number of hydrogen-bond acceptors (Lipinski definition) is 6. The van der Waals surface area contributed by atoms with Gasteiger partial charge in [-0.15, -0.1) is 0 Å². The van der Waals surface area contributed by atoms with Crippen LogP contribution in [0.5, 0.6) is 23.0 Å². The second kappa shape index (κ2) is 7.18. The summed E-state index contributed by atoms with van der Waals surface area (Å²) in [7, 11) is 0. The Kier molecular flexibility index (Phi) is 4.35. The fourth-order valence-corrected chi connectivity index (χ4v) is 11.1. The van der Waals surface area contributed by atoms with Crippen molar-refractivity contribution in [2.45, 2.75) is 12.8 Å². The van der Waals surface area contributed by atoms with Crippen molar-refractivity contribution in [1.29, 1.82) is 0 Å². The molecule has 1 spiro atoms. The van der Waals surface area contributed by atoms with E-state index in [2.05, 4.69) is 10.6 Å². The van der Waals surface area contributed by atoms with Crippen LogP contribution < -0.4 is 29.9 Å². The van der Waals surface area contributed by atoms with Crippen LogP contribution in [0.4, 0.5) is 0 Å².